The van der Waals surface area contributed by atoms with Crippen molar-refractivity contribution >= 4 is 0 Å². The minimum atomic E-state index is 0.711. The first-order chi connectivity index (χ1) is 7.15. The molecule has 1 nitrogen and oxygen atoms in total. The van der Waals surface area contributed by atoms with Crippen molar-refractivity contribution in [2.45, 2.75) is 78.3 Å². The number of rotatable bonds is 5. The van der Waals surface area contributed by atoms with Gasteiger partial charge in [0.25, 0.3) is 0 Å². The van der Waals surface area contributed by atoms with Crippen LogP contribution in [0.4, 0.5) is 0 Å². The molecule has 1 aliphatic carbocycles. The Morgan fingerprint density at radius 3 is 2.67 bits per heavy atom. The molecule has 1 N–H and O–H groups in total. The van der Waals surface area contributed by atoms with Crippen molar-refractivity contribution in [3.8, 4) is 0 Å². The van der Waals surface area contributed by atoms with E-state index < -0.39 is 0 Å². The van der Waals surface area contributed by atoms with Crippen LogP contribution in [0.15, 0.2) is 0 Å². The fourth-order valence-corrected chi connectivity index (χ4v) is 2.78. The summed E-state index contributed by atoms with van der Waals surface area (Å²) in [5.74, 6) is 1.78. The van der Waals surface area contributed by atoms with Crippen molar-refractivity contribution in [1.82, 2.24) is 5.32 Å². The van der Waals surface area contributed by atoms with Gasteiger partial charge in [0.05, 0.1) is 0 Å². The Morgan fingerprint density at radius 1 is 1.27 bits per heavy atom. The molecule has 1 fully saturated rings. The fraction of sp³-hybridized carbons (Fsp3) is 1.00. The Labute approximate surface area is 96.0 Å². The van der Waals surface area contributed by atoms with Gasteiger partial charge in [-0.05, 0) is 31.6 Å². The van der Waals surface area contributed by atoms with Gasteiger partial charge in [-0.3, -0.25) is 0 Å². The average Bonchev–Trinajstić information content (AvgIpc) is 2.22. The normalized spacial score (nSPS) is 34.0. The zero-order valence-corrected chi connectivity index (χ0v) is 11.1. The third-order valence-corrected chi connectivity index (χ3v) is 4.20. The van der Waals surface area contributed by atoms with Gasteiger partial charge >= 0.3 is 0 Å². The summed E-state index contributed by atoms with van der Waals surface area (Å²) in [6.07, 6.45) is 8.27. The number of unbranched alkanes of at least 4 members (excludes halogenated alkanes) is 1. The highest BCUT2D eigenvalue weighted by Gasteiger charge is 2.27. The highest BCUT2D eigenvalue weighted by molar-refractivity contribution is 4.83. The summed E-state index contributed by atoms with van der Waals surface area (Å²) in [6, 6.07) is 1.49. The zero-order valence-electron chi connectivity index (χ0n) is 11.1. The molecular formula is C14H29N. The van der Waals surface area contributed by atoms with Crippen molar-refractivity contribution in [3.63, 3.8) is 0 Å². The topological polar surface area (TPSA) is 12.0 Å². The summed E-state index contributed by atoms with van der Waals surface area (Å²) in [5, 5.41) is 3.83. The quantitative estimate of drug-likeness (QED) is 0.725. The molecule has 1 saturated carbocycles. The van der Waals surface area contributed by atoms with Crippen molar-refractivity contribution < 1.29 is 0 Å². The minimum absolute atomic E-state index is 0.711. The van der Waals surface area contributed by atoms with Crippen LogP contribution in [0, 0.1) is 11.8 Å². The minimum Gasteiger partial charge on any atom is -0.311 e. The van der Waals surface area contributed by atoms with E-state index in [1.165, 1.54) is 38.5 Å². The molecule has 0 spiro atoms. The summed E-state index contributed by atoms with van der Waals surface area (Å²) in [7, 11) is 0. The average molecular weight is 211 g/mol. The molecule has 0 aromatic heterocycles. The molecule has 1 heteroatoms. The maximum atomic E-state index is 3.83. The molecular weight excluding hydrogens is 182 g/mol. The van der Waals surface area contributed by atoms with Gasteiger partial charge in [-0.15, -0.1) is 0 Å². The lowest BCUT2D eigenvalue weighted by Crippen LogP contribution is -2.44. The number of hydrogen-bond donors (Lipinski definition) is 1. The van der Waals surface area contributed by atoms with Gasteiger partial charge in [-0.1, -0.05) is 46.5 Å². The largest absolute Gasteiger partial charge is 0.311 e. The molecule has 1 rings (SSSR count). The van der Waals surface area contributed by atoms with E-state index in [2.05, 4.69) is 33.0 Å². The van der Waals surface area contributed by atoms with E-state index in [4.69, 9.17) is 0 Å². The summed E-state index contributed by atoms with van der Waals surface area (Å²) in [4.78, 5) is 0. The summed E-state index contributed by atoms with van der Waals surface area (Å²) >= 11 is 0. The van der Waals surface area contributed by atoms with E-state index in [-0.39, 0.29) is 0 Å². The third-order valence-electron chi connectivity index (χ3n) is 4.20. The van der Waals surface area contributed by atoms with Gasteiger partial charge in [0.1, 0.15) is 0 Å². The Bertz CT molecular complexity index is 167. The lowest BCUT2D eigenvalue weighted by Gasteiger charge is -2.36. The van der Waals surface area contributed by atoms with E-state index in [0.717, 1.165) is 17.9 Å². The van der Waals surface area contributed by atoms with Crippen LogP contribution < -0.4 is 5.32 Å². The summed E-state index contributed by atoms with van der Waals surface area (Å²) in [5.41, 5.74) is 0. The van der Waals surface area contributed by atoms with Crippen LogP contribution in [0.1, 0.15) is 66.2 Å². The lowest BCUT2D eigenvalue weighted by atomic mass is 9.78. The molecule has 0 aromatic carbocycles. The van der Waals surface area contributed by atoms with E-state index in [1.54, 1.807) is 0 Å². The Hall–Kier alpha value is -0.0400. The van der Waals surface area contributed by atoms with Crippen LogP contribution in [0.25, 0.3) is 0 Å². The van der Waals surface area contributed by atoms with Crippen molar-refractivity contribution in [3.05, 3.63) is 0 Å². The zero-order chi connectivity index (χ0) is 11.3. The Balaban J connectivity index is 2.29. The fourth-order valence-electron chi connectivity index (χ4n) is 2.78. The second-order valence-electron chi connectivity index (χ2n) is 5.58. The van der Waals surface area contributed by atoms with Crippen molar-refractivity contribution in [2.75, 3.05) is 0 Å². The number of hydrogen-bond acceptors (Lipinski definition) is 1. The smallest absolute Gasteiger partial charge is 0.00977 e. The molecule has 15 heavy (non-hydrogen) atoms. The van der Waals surface area contributed by atoms with Gasteiger partial charge in [-0.2, -0.15) is 0 Å². The molecule has 0 radical (unpaired) electrons. The third kappa shape index (κ3) is 4.14. The molecule has 0 heterocycles. The first-order valence-electron chi connectivity index (χ1n) is 6.91. The second kappa shape index (κ2) is 6.52. The first kappa shape index (κ1) is 13.0. The molecule has 90 valence electrons. The highest BCUT2D eigenvalue weighted by Crippen LogP contribution is 2.29. The molecule has 0 bridgehead atoms. The van der Waals surface area contributed by atoms with E-state index in [0.29, 0.717) is 6.04 Å². The molecule has 1 aliphatic rings. The van der Waals surface area contributed by atoms with Gasteiger partial charge < -0.3 is 5.32 Å². The molecule has 0 saturated heterocycles. The van der Waals surface area contributed by atoms with Crippen LogP contribution in [-0.4, -0.2) is 12.1 Å². The predicted molar refractivity (Wildman–Crippen MR) is 68.1 cm³/mol. The predicted octanol–water partition coefficient (Wildman–Crippen LogP) is 3.98. The Kier molecular flexibility index (Phi) is 5.66. The maximum absolute atomic E-state index is 3.83. The lowest BCUT2D eigenvalue weighted by molar-refractivity contribution is 0.193. The van der Waals surface area contributed by atoms with Crippen LogP contribution >= 0.6 is 0 Å². The number of nitrogens with one attached hydrogen (secondary N) is 1. The summed E-state index contributed by atoms with van der Waals surface area (Å²) in [6.45, 7) is 9.46. The monoisotopic (exact) mass is 211 g/mol. The van der Waals surface area contributed by atoms with Gasteiger partial charge in [0.15, 0.2) is 0 Å². The molecule has 4 atom stereocenters. The molecule has 0 amide bonds. The summed E-state index contributed by atoms with van der Waals surface area (Å²) < 4.78 is 0. The van der Waals surface area contributed by atoms with Crippen LogP contribution in [0.2, 0.25) is 0 Å². The maximum Gasteiger partial charge on any atom is 0.00977 e. The van der Waals surface area contributed by atoms with Gasteiger partial charge in [0, 0.05) is 12.1 Å². The highest BCUT2D eigenvalue weighted by atomic mass is 15.0. The standard InChI is InChI=1S/C14H29N/c1-5-6-9-12(3)15-14-10-7-8-11(2)13(14)4/h11-15H,5-10H2,1-4H3. The molecule has 4 unspecified atom stereocenters. The first-order valence-corrected chi connectivity index (χ1v) is 6.91. The van der Waals surface area contributed by atoms with Crippen molar-refractivity contribution in [2.24, 2.45) is 11.8 Å². The van der Waals surface area contributed by atoms with Crippen LogP contribution in [-0.2, 0) is 0 Å². The molecule has 0 aromatic rings. The van der Waals surface area contributed by atoms with Gasteiger partial charge in [-0.25, -0.2) is 0 Å². The van der Waals surface area contributed by atoms with Crippen molar-refractivity contribution in [1.29, 1.82) is 0 Å². The van der Waals surface area contributed by atoms with E-state index >= 15 is 0 Å². The van der Waals surface area contributed by atoms with E-state index in [1.807, 2.05) is 0 Å². The second-order valence-corrected chi connectivity index (χ2v) is 5.58. The Morgan fingerprint density at radius 2 is 2.00 bits per heavy atom. The van der Waals surface area contributed by atoms with E-state index in [9.17, 15) is 0 Å². The SMILES string of the molecule is CCCCC(C)NC1CCCC(C)C1C. The van der Waals surface area contributed by atoms with Gasteiger partial charge in [0.2, 0.25) is 0 Å². The van der Waals surface area contributed by atoms with Crippen LogP contribution in [0.3, 0.4) is 0 Å². The van der Waals surface area contributed by atoms with Crippen LogP contribution in [0.5, 0.6) is 0 Å². The molecule has 0 aliphatic heterocycles.